The topological polar surface area (TPSA) is 116 Å². The maximum atomic E-state index is 11.9. The lowest BCUT2D eigenvalue weighted by atomic mass is 9.88. The summed E-state index contributed by atoms with van der Waals surface area (Å²) in [6.45, 7) is 1.92. The minimum absolute atomic E-state index is 0.139. The fourth-order valence-corrected chi connectivity index (χ4v) is 5.12. The summed E-state index contributed by atoms with van der Waals surface area (Å²) in [5.74, 6) is 0.489. The van der Waals surface area contributed by atoms with Crippen LogP contribution in [0.5, 0.6) is 0 Å². The number of amides is 4. The van der Waals surface area contributed by atoms with Gasteiger partial charge < -0.3 is 21.3 Å². The van der Waals surface area contributed by atoms with E-state index in [1.54, 1.807) is 24.3 Å². The van der Waals surface area contributed by atoms with E-state index in [0.717, 1.165) is 25.7 Å². The molecule has 0 unspecified atom stereocenters. The summed E-state index contributed by atoms with van der Waals surface area (Å²) in [7, 11) is 0. The van der Waals surface area contributed by atoms with Crippen molar-refractivity contribution in [3.8, 4) is 0 Å². The molecule has 2 aromatic carbocycles. The number of rotatable bonds is 10. The van der Waals surface area contributed by atoms with Gasteiger partial charge in [0, 0.05) is 49.1 Å². The quantitative estimate of drug-likeness (QED) is 0.333. The van der Waals surface area contributed by atoms with Gasteiger partial charge in [-0.15, -0.1) is 0 Å². The van der Waals surface area contributed by atoms with Crippen LogP contribution in [0.25, 0.3) is 0 Å². The van der Waals surface area contributed by atoms with Crippen LogP contribution in [0.3, 0.4) is 0 Å². The van der Waals surface area contributed by atoms with Gasteiger partial charge in [0.25, 0.3) is 11.8 Å². The average Bonchev–Trinajstić information content (AvgIpc) is 3.03. The van der Waals surface area contributed by atoms with Crippen molar-refractivity contribution in [2.75, 3.05) is 26.2 Å². The molecule has 8 nitrogen and oxygen atoms in total. The fraction of sp³-hybridized carbons (Fsp3) is 0.500. The van der Waals surface area contributed by atoms with Crippen LogP contribution in [0.2, 0.25) is 0 Å². The van der Waals surface area contributed by atoms with Gasteiger partial charge in [0.1, 0.15) is 0 Å². The third-order valence-electron chi connectivity index (χ3n) is 7.44. The van der Waals surface area contributed by atoms with Crippen LogP contribution in [-0.4, -0.2) is 49.8 Å². The van der Waals surface area contributed by atoms with Gasteiger partial charge in [-0.1, -0.05) is 74.9 Å². The van der Waals surface area contributed by atoms with Gasteiger partial charge in [-0.2, -0.15) is 0 Å². The van der Waals surface area contributed by atoms with Crippen molar-refractivity contribution in [3.05, 3.63) is 71.8 Å². The maximum absolute atomic E-state index is 11.9. The highest BCUT2D eigenvalue weighted by Crippen LogP contribution is 2.24. The van der Waals surface area contributed by atoms with Gasteiger partial charge in [-0.3, -0.25) is 19.2 Å². The Balaban J connectivity index is 0.000000220. The van der Waals surface area contributed by atoms with Gasteiger partial charge in [-0.05, 0) is 49.9 Å². The zero-order valence-electron chi connectivity index (χ0n) is 23.5. The minimum atomic E-state index is -0.139. The Bertz CT molecular complexity index is 964. The smallest absolute Gasteiger partial charge is 0.251 e. The maximum Gasteiger partial charge on any atom is 0.251 e. The Morgan fingerprint density at radius 3 is 1.15 bits per heavy atom. The summed E-state index contributed by atoms with van der Waals surface area (Å²) in [5.41, 5.74) is 1.23. The highest BCUT2D eigenvalue weighted by Gasteiger charge is 2.22. The first kappa shape index (κ1) is 30.9. The third-order valence-corrected chi connectivity index (χ3v) is 7.44. The van der Waals surface area contributed by atoms with E-state index in [1.807, 2.05) is 36.4 Å². The largest absolute Gasteiger partial charge is 0.354 e. The molecule has 8 heteroatoms. The molecule has 0 saturated heterocycles. The highest BCUT2D eigenvalue weighted by molar-refractivity contribution is 5.95. The number of benzene rings is 2. The molecule has 0 aromatic heterocycles. The molecular formula is C32H44N4O4. The van der Waals surface area contributed by atoms with Crippen molar-refractivity contribution >= 4 is 23.6 Å². The number of hydrogen-bond acceptors (Lipinski definition) is 4. The second-order valence-electron chi connectivity index (χ2n) is 10.5. The molecule has 0 radical (unpaired) electrons. The van der Waals surface area contributed by atoms with Crippen LogP contribution < -0.4 is 21.3 Å². The van der Waals surface area contributed by atoms with Gasteiger partial charge in [-0.25, -0.2) is 0 Å². The Morgan fingerprint density at radius 1 is 0.475 bits per heavy atom. The first-order valence-corrected chi connectivity index (χ1v) is 14.8. The molecule has 0 atom stereocenters. The molecule has 2 aromatic rings. The fourth-order valence-electron chi connectivity index (χ4n) is 5.12. The van der Waals surface area contributed by atoms with Crippen LogP contribution in [0, 0.1) is 11.8 Å². The molecule has 2 saturated carbocycles. The lowest BCUT2D eigenvalue weighted by Crippen LogP contribution is -2.40. The van der Waals surface area contributed by atoms with Crippen molar-refractivity contribution in [2.24, 2.45) is 11.8 Å². The molecule has 4 rings (SSSR count). The third kappa shape index (κ3) is 11.2. The Kier molecular flexibility index (Phi) is 13.7. The number of hydrogen-bond donors (Lipinski definition) is 4. The van der Waals surface area contributed by atoms with E-state index in [1.165, 1.54) is 38.5 Å². The van der Waals surface area contributed by atoms with E-state index >= 15 is 0 Å². The summed E-state index contributed by atoms with van der Waals surface area (Å²) in [6.07, 6.45) is 11.4. The van der Waals surface area contributed by atoms with Crippen LogP contribution in [-0.2, 0) is 9.59 Å². The second-order valence-corrected chi connectivity index (χ2v) is 10.5. The van der Waals surface area contributed by atoms with Crippen molar-refractivity contribution in [1.82, 2.24) is 21.3 Å². The molecule has 0 bridgehead atoms. The second kappa shape index (κ2) is 17.8. The zero-order valence-corrected chi connectivity index (χ0v) is 23.5. The summed E-state index contributed by atoms with van der Waals surface area (Å²) in [6, 6.07) is 18.0. The first-order chi connectivity index (χ1) is 19.5. The molecule has 40 heavy (non-hydrogen) atoms. The van der Waals surface area contributed by atoms with Crippen LogP contribution in [0.4, 0.5) is 0 Å². The summed E-state index contributed by atoms with van der Waals surface area (Å²) in [4.78, 5) is 47.3. The van der Waals surface area contributed by atoms with Crippen molar-refractivity contribution in [1.29, 1.82) is 0 Å². The molecule has 4 N–H and O–H groups in total. The predicted octanol–water partition coefficient (Wildman–Crippen LogP) is 4.23. The van der Waals surface area contributed by atoms with Crippen LogP contribution in [0.15, 0.2) is 60.7 Å². The van der Waals surface area contributed by atoms with Crippen molar-refractivity contribution in [2.45, 2.75) is 64.2 Å². The van der Waals surface area contributed by atoms with Gasteiger partial charge in [0.05, 0.1) is 0 Å². The molecule has 2 aliphatic rings. The molecule has 0 aliphatic heterocycles. The monoisotopic (exact) mass is 548 g/mol. The molecule has 2 fully saturated rings. The van der Waals surface area contributed by atoms with E-state index in [2.05, 4.69) is 21.3 Å². The van der Waals surface area contributed by atoms with E-state index in [9.17, 15) is 19.2 Å². The summed E-state index contributed by atoms with van der Waals surface area (Å²) >= 11 is 0. The molecule has 4 amide bonds. The lowest BCUT2D eigenvalue weighted by molar-refractivity contribution is -0.127. The van der Waals surface area contributed by atoms with Crippen LogP contribution in [0.1, 0.15) is 84.9 Å². The Morgan fingerprint density at radius 2 is 0.800 bits per heavy atom. The highest BCUT2D eigenvalue weighted by atomic mass is 16.2. The van der Waals surface area contributed by atoms with Gasteiger partial charge in [0.2, 0.25) is 11.8 Å². The standard InChI is InChI=1S/C16H28N2O2.C16H16N2O2/c2*19-15(13-7-3-1-4-8-13)17-11-12-18-16(20)14-9-5-2-6-10-14/h13-14H,1-12H2,(H,17,19)(H,18,20);1-10H,11-12H2,(H,17,19)(H,18,20). The molecular weight excluding hydrogens is 504 g/mol. The van der Waals surface area contributed by atoms with Gasteiger partial charge in [0.15, 0.2) is 0 Å². The normalized spacial score (nSPS) is 15.6. The van der Waals surface area contributed by atoms with Crippen molar-refractivity contribution < 1.29 is 19.2 Å². The van der Waals surface area contributed by atoms with Crippen LogP contribution >= 0.6 is 0 Å². The number of nitrogens with one attached hydrogen (secondary N) is 4. The molecule has 216 valence electrons. The summed E-state index contributed by atoms with van der Waals surface area (Å²) in [5, 5.41) is 11.4. The number of carbonyl (C=O) groups is 4. The average molecular weight is 549 g/mol. The van der Waals surface area contributed by atoms with Gasteiger partial charge >= 0.3 is 0 Å². The molecule has 0 heterocycles. The SMILES string of the molecule is O=C(NCCNC(=O)C1CCCCC1)C1CCCCC1.O=C(NCCNC(=O)c1ccccc1)c1ccccc1. The first-order valence-electron chi connectivity index (χ1n) is 14.8. The Labute approximate surface area is 238 Å². The predicted molar refractivity (Wildman–Crippen MR) is 157 cm³/mol. The molecule has 2 aliphatic carbocycles. The minimum Gasteiger partial charge on any atom is -0.354 e. The van der Waals surface area contributed by atoms with Crippen molar-refractivity contribution in [3.63, 3.8) is 0 Å². The van der Waals surface area contributed by atoms with E-state index in [0.29, 0.717) is 37.3 Å². The van der Waals surface area contributed by atoms with E-state index in [-0.39, 0.29) is 35.5 Å². The van der Waals surface area contributed by atoms with E-state index in [4.69, 9.17) is 0 Å². The lowest BCUT2D eigenvalue weighted by Gasteiger charge is -2.22. The summed E-state index contributed by atoms with van der Waals surface area (Å²) < 4.78 is 0. The zero-order chi connectivity index (χ0) is 28.4. The number of carbonyl (C=O) groups excluding carboxylic acids is 4. The van der Waals surface area contributed by atoms with E-state index < -0.39 is 0 Å². The molecule has 0 spiro atoms. The Hall–Kier alpha value is -3.68.